The minimum absolute atomic E-state index is 0.105. The smallest absolute Gasteiger partial charge is 0.462 e. The lowest BCUT2D eigenvalue weighted by Gasteiger charge is -2.21. The first-order chi connectivity index (χ1) is 47.7. The van der Waals surface area contributed by atoms with E-state index in [1.165, 1.54) is 218 Å². The fourth-order valence-electron chi connectivity index (χ4n) is 12.3. The van der Waals surface area contributed by atoms with Gasteiger partial charge in [0.2, 0.25) is 0 Å². The van der Waals surface area contributed by atoms with Gasteiger partial charge in [-0.15, -0.1) is 0 Å². The topological polar surface area (TPSA) is 237 Å². The van der Waals surface area contributed by atoms with Crippen molar-refractivity contribution in [3.8, 4) is 0 Å². The van der Waals surface area contributed by atoms with Crippen molar-refractivity contribution in [1.82, 2.24) is 0 Å². The second-order valence-corrected chi connectivity index (χ2v) is 33.1. The maximum atomic E-state index is 13.1. The fourth-order valence-corrected chi connectivity index (χ4v) is 13.9. The molecule has 0 fully saturated rings. The van der Waals surface area contributed by atoms with Crippen molar-refractivity contribution in [3.63, 3.8) is 0 Å². The Bertz CT molecular complexity index is 1920. The molecule has 0 aromatic heterocycles. The third-order valence-corrected chi connectivity index (χ3v) is 20.5. The van der Waals surface area contributed by atoms with Crippen LogP contribution in [-0.4, -0.2) is 96.7 Å². The van der Waals surface area contributed by atoms with Crippen LogP contribution in [0.5, 0.6) is 0 Å². The summed E-state index contributed by atoms with van der Waals surface area (Å²) in [5, 5.41) is 10.6. The maximum absolute atomic E-state index is 13.1. The number of esters is 4. The van der Waals surface area contributed by atoms with E-state index in [9.17, 15) is 43.2 Å². The van der Waals surface area contributed by atoms with Crippen LogP contribution in [0.15, 0.2) is 0 Å². The highest BCUT2D eigenvalue weighted by molar-refractivity contribution is 7.47. The van der Waals surface area contributed by atoms with Crippen molar-refractivity contribution in [1.29, 1.82) is 0 Å². The lowest BCUT2D eigenvalue weighted by molar-refractivity contribution is -0.161. The molecule has 19 heteroatoms. The molecule has 0 aromatic rings. The molecule has 0 aliphatic heterocycles. The van der Waals surface area contributed by atoms with E-state index >= 15 is 0 Å². The Morgan fingerprint density at radius 1 is 0.273 bits per heavy atom. The van der Waals surface area contributed by atoms with Crippen LogP contribution in [0, 0.1) is 17.8 Å². The minimum Gasteiger partial charge on any atom is -0.462 e. The second-order valence-electron chi connectivity index (χ2n) is 30.2. The quantitative estimate of drug-likeness (QED) is 0.0222. The minimum atomic E-state index is -4.96. The molecule has 0 bridgehead atoms. The number of aliphatic hydroxyl groups excluding tert-OH is 1. The molecule has 0 saturated carbocycles. The number of carbonyl (C=O) groups excluding carboxylic acids is 4. The van der Waals surface area contributed by atoms with E-state index in [-0.39, 0.29) is 25.7 Å². The van der Waals surface area contributed by atoms with Crippen molar-refractivity contribution in [2.24, 2.45) is 17.8 Å². The predicted octanol–water partition coefficient (Wildman–Crippen LogP) is 23.7. The van der Waals surface area contributed by atoms with Gasteiger partial charge in [0.25, 0.3) is 0 Å². The maximum Gasteiger partial charge on any atom is 0.472 e. The Hall–Kier alpha value is -1.94. The standard InChI is InChI=1S/C80H156O17P2/c1-8-9-10-11-12-13-14-15-16-22-25-28-33-40-47-54-61-77(82)90-67-75(96-79(84)63-56-49-41-34-29-26-23-20-18-17-19-21-24-27-31-37-44-51-58-71(2)3)69-94-98(86,87)92-65-74(81)66-93-99(88,89)95-70-76(68-91-78(83)62-55-48-43-36-39-46-53-60-73(6)7)97-80(85)64-57-50-42-35-30-32-38-45-52-59-72(4)5/h71-76,81H,8-70H2,1-7H3,(H,86,87)(H,88,89)/t74-,75-,76-/m1/s1. The van der Waals surface area contributed by atoms with Gasteiger partial charge in [-0.25, -0.2) is 9.13 Å². The van der Waals surface area contributed by atoms with Gasteiger partial charge in [0.1, 0.15) is 19.3 Å². The van der Waals surface area contributed by atoms with E-state index in [1.807, 2.05) is 0 Å². The Morgan fingerprint density at radius 2 is 0.465 bits per heavy atom. The number of hydrogen-bond acceptors (Lipinski definition) is 15. The van der Waals surface area contributed by atoms with Crippen molar-refractivity contribution >= 4 is 39.5 Å². The molecule has 0 heterocycles. The Kier molecular flexibility index (Phi) is 69.0. The van der Waals surface area contributed by atoms with Crippen molar-refractivity contribution in [2.75, 3.05) is 39.6 Å². The Labute approximate surface area is 607 Å². The van der Waals surface area contributed by atoms with Crippen LogP contribution in [0.1, 0.15) is 414 Å². The van der Waals surface area contributed by atoms with Crippen LogP contribution < -0.4 is 0 Å². The van der Waals surface area contributed by atoms with Gasteiger partial charge in [-0.2, -0.15) is 0 Å². The molecule has 5 atom stereocenters. The van der Waals surface area contributed by atoms with E-state index in [0.717, 1.165) is 108 Å². The number of phosphoric acid groups is 2. The summed E-state index contributed by atoms with van der Waals surface area (Å²) in [7, 11) is -9.92. The first-order valence-electron chi connectivity index (χ1n) is 41.3. The molecule has 0 spiro atoms. The van der Waals surface area contributed by atoms with Crippen LogP contribution >= 0.6 is 15.6 Å². The van der Waals surface area contributed by atoms with E-state index < -0.39 is 97.5 Å². The average molecular weight is 1450 g/mol. The monoisotopic (exact) mass is 1450 g/mol. The SMILES string of the molecule is CCCCCCCCCCCCCCCCCCC(=O)OC[C@H](COP(=O)(O)OC[C@@H](O)COP(=O)(O)OC[C@@H](COC(=O)CCCCCCCCCC(C)C)OC(=O)CCCCCCCCCCCC(C)C)OC(=O)CCCCCCCCCCCCCCCCCCCCC(C)C. The summed E-state index contributed by atoms with van der Waals surface area (Å²) < 4.78 is 68.6. The molecule has 0 rings (SSSR count). The molecular formula is C80H156O17P2. The van der Waals surface area contributed by atoms with E-state index in [1.54, 1.807) is 0 Å². The molecule has 99 heavy (non-hydrogen) atoms. The van der Waals surface area contributed by atoms with Crippen LogP contribution in [0.2, 0.25) is 0 Å². The molecule has 0 aliphatic rings. The van der Waals surface area contributed by atoms with Gasteiger partial charge < -0.3 is 33.8 Å². The second kappa shape index (κ2) is 70.4. The molecule has 0 saturated heterocycles. The fraction of sp³-hybridized carbons (Fsp3) is 0.950. The van der Waals surface area contributed by atoms with Crippen LogP contribution in [0.4, 0.5) is 0 Å². The number of ether oxygens (including phenoxy) is 4. The largest absolute Gasteiger partial charge is 0.472 e. The van der Waals surface area contributed by atoms with Crippen LogP contribution in [0.3, 0.4) is 0 Å². The predicted molar refractivity (Wildman–Crippen MR) is 405 cm³/mol. The summed E-state index contributed by atoms with van der Waals surface area (Å²) in [5.41, 5.74) is 0. The first kappa shape index (κ1) is 97.1. The van der Waals surface area contributed by atoms with Crippen LogP contribution in [0.25, 0.3) is 0 Å². The van der Waals surface area contributed by atoms with E-state index in [4.69, 9.17) is 37.0 Å². The first-order valence-corrected chi connectivity index (χ1v) is 44.3. The summed E-state index contributed by atoms with van der Waals surface area (Å²) in [6, 6.07) is 0. The van der Waals surface area contributed by atoms with Crippen molar-refractivity contribution in [2.45, 2.75) is 433 Å². The lowest BCUT2D eigenvalue weighted by Crippen LogP contribution is -2.30. The van der Waals surface area contributed by atoms with Gasteiger partial charge in [0, 0.05) is 25.7 Å². The van der Waals surface area contributed by atoms with Gasteiger partial charge in [0.15, 0.2) is 12.2 Å². The number of phosphoric ester groups is 2. The van der Waals surface area contributed by atoms with Gasteiger partial charge in [-0.05, 0) is 43.4 Å². The molecule has 0 aromatic carbocycles. The number of hydrogen-bond donors (Lipinski definition) is 3. The zero-order valence-electron chi connectivity index (χ0n) is 65.0. The average Bonchev–Trinajstić information content (AvgIpc) is 1.05. The molecular weight excluding hydrogens is 1290 g/mol. The third-order valence-electron chi connectivity index (χ3n) is 18.6. The third kappa shape index (κ3) is 74.1. The molecule has 0 aliphatic carbocycles. The summed E-state index contributed by atoms with van der Waals surface area (Å²) >= 11 is 0. The number of carbonyl (C=O) groups is 4. The number of unbranched alkanes of at least 4 members (excludes halogenated alkanes) is 46. The number of aliphatic hydroxyl groups is 1. The summed E-state index contributed by atoms with van der Waals surface area (Å²) in [6.07, 6.45) is 58.5. The Balaban J connectivity index is 5.22. The Morgan fingerprint density at radius 3 is 0.687 bits per heavy atom. The number of rotatable bonds is 78. The molecule has 0 radical (unpaired) electrons. The molecule has 588 valence electrons. The van der Waals surface area contributed by atoms with Gasteiger partial charge in [-0.3, -0.25) is 37.3 Å². The van der Waals surface area contributed by atoms with Crippen LogP contribution in [-0.2, 0) is 65.4 Å². The summed E-state index contributed by atoms with van der Waals surface area (Å²) in [6.45, 7) is 11.9. The van der Waals surface area contributed by atoms with E-state index in [0.29, 0.717) is 31.6 Å². The summed E-state index contributed by atoms with van der Waals surface area (Å²) in [4.78, 5) is 72.9. The summed E-state index contributed by atoms with van der Waals surface area (Å²) in [5.74, 6) is 0.148. The lowest BCUT2D eigenvalue weighted by atomic mass is 10.0. The van der Waals surface area contributed by atoms with Crippen molar-refractivity contribution in [3.05, 3.63) is 0 Å². The highest BCUT2D eigenvalue weighted by Gasteiger charge is 2.30. The highest BCUT2D eigenvalue weighted by atomic mass is 31.2. The molecule has 0 amide bonds. The van der Waals surface area contributed by atoms with Crippen molar-refractivity contribution < 1.29 is 80.2 Å². The molecule has 17 nitrogen and oxygen atoms in total. The highest BCUT2D eigenvalue weighted by Crippen LogP contribution is 2.45. The van der Waals surface area contributed by atoms with E-state index in [2.05, 4.69) is 48.5 Å². The van der Waals surface area contributed by atoms with Gasteiger partial charge >= 0.3 is 39.5 Å². The molecule has 3 N–H and O–H groups in total. The zero-order chi connectivity index (χ0) is 73.0. The van der Waals surface area contributed by atoms with Gasteiger partial charge in [-0.1, -0.05) is 363 Å². The normalized spacial score (nSPS) is 14.0. The molecule has 2 unspecified atom stereocenters. The zero-order valence-corrected chi connectivity index (χ0v) is 66.8. The van der Waals surface area contributed by atoms with Gasteiger partial charge in [0.05, 0.1) is 26.4 Å².